The Morgan fingerprint density at radius 1 is 1.11 bits per heavy atom. The summed E-state index contributed by atoms with van der Waals surface area (Å²) in [5.74, 6) is -0.133. The van der Waals surface area contributed by atoms with Crippen molar-refractivity contribution in [1.82, 2.24) is 5.32 Å². The molecule has 2 aromatic rings. The molecule has 19 heavy (non-hydrogen) atoms. The molecule has 0 aliphatic rings. The van der Waals surface area contributed by atoms with Crippen LogP contribution in [-0.4, -0.2) is 12.5 Å². The minimum absolute atomic E-state index is 0.133. The maximum atomic E-state index is 12.2. The molecule has 0 radical (unpaired) electrons. The van der Waals surface area contributed by atoms with Gasteiger partial charge in [-0.1, -0.05) is 48.0 Å². The maximum absolute atomic E-state index is 12.2. The van der Waals surface area contributed by atoms with Crippen LogP contribution in [0.15, 0.2) is 42.5 Å². The van der Waals surface area contributed by atoms with Crippen molar-refractivity contribution in [3.63, 3.8) is 0 Å². The maximum Gasteiger partial charge on any atom is 0.253 e. The molecule has 2 aromatic carbocycles. The summed E-state index contributed by atoms with van der Waals surface area (Å²) < 4.78 is 0. The number of rotatable bonds is 3. The highest BCUT2D eigenvalue weighted by Gasteiger charge is 2.16. The molecule has 0 atom stereocenters. The average Bonchev–Trinajstić information content (AvgIpc) is 2.39. The Balaban J connectivity index is 2.61. The zero-order chi connectivity index (χ0) is 13.8. The SMILES string of the molecule is CCNC(=O)c1c(Cl)cccc1-c1ccccc1C. The molecule has 0 bridgehead atoms. The van der Waals surface area contributed by atoms with E-state index in [1.165, 1.54) is 0 Å². The third kappa shape index (κ3) is 2.79. The van der Waals surface area contributed by atoms with Gasteiger partial charge in [0.05, 0.1) is 10.6 Å². The van der Waals surface area contributed by atoms with Crippen molar-refractivity contribution in [2.75, 3.05) is 6.54 Å². The summed E-state index contributed by atoms with van der Waals surface area (Å²) in [6.45, 7) is 4.50. The van der Waals surface area contributed by atoms with Gasteiger partial charge in [-0.25, -0.2) is 0 Å². The Hall–Kier alpha value is -1.80. The first-order valence-electron chi connectivity index (χ1n) is 6.28. The molecule has 0 aliphatic carbocycles. The van der Waals surface area contributed by atoms with Crippen molar-refractivity contribution in [3.8, 4) is 11.1 Å². The van der Waals surface area contributed by atoms with Gasteiger partial charge in [0.1, 0.15) is 0 Å². The van der Waals surface area contributed by atoms with Crippen molar-refractivity contribution < 1.29 is 4.79 Å². The third-order valence-electron chi connectivity index (χ3n) is 3.01. The minimum atomic E-state index is -0.133. The highest BCUT2D eigenvalue weighted by atomic mass is 35.5. The number of carbonyl (C=O) groups is 1. The van der Waals surface area contributed by atoms with Crippen LogP contribution in [0, 0.1) is 6.92 Å². The smallest absolute Gasteiger partial charge is 0.253 e. The Bertz CT molecular complexity index is 607. The van der Waals surface area contributed by atoms with Gasteiger partial charge in [-0.3, -0.25) is 4.79 Å². The van der Waals surface area contributed by atoms with E-state index < -0.39 is 0 Å². The van der Waals surface area contributed by atoms with E-state index in [-0.39, 0.29) is 5.91 Å². The van der Waals surface area contributed by atoms with Gasteiger partial charge in [0.2, 0.25) is 0 Å². The van der Waals surface area contributed by atoms with Crippen LogP contribution in [-0.2, 0) is 0 Å². The average molecular weight is 274 g/mol. The summed E-state index contributed by atoms with van der Waals surface area (Å²) in [5, 5.41) is 3.29. The summed E-state index contributed by atoms with van der Waals surface area (Å²) >= 11 is 6.20. The van der Waals surface area contributed by atoms with E-state index in [1.54, 1.807) is 6.07 Å². The molecule has 0 heterocycles. The molecule has 3 heteroatoms. The molecule has 98 valence electrons. The topological polar surface area (TPSA) is 29.1 Å². The summed E-state index contributed by atoms with van der Waals surface area (Å²) in [6.07, 6.45) is 0. The van der Waals surface area contributed by atoms with Crippen LogP contribution in [0.4, 0.5) is 0 Å². The van der Waals surface area contributed by atoms with Gasteiger partial charge < -0.3 is 5.32 Å². The molecular formula is C16H16ClNO. The monoisotopic (exact) mass is 273 g/mol. The van der Waals surface area contributed by atoms with Gasteiger partial charge in [0.15, 0.2) is 0 Å². The first kappa shape index (κ1) is 13.6. The van der Waals surface area contributed by atoms with Crippen LogP contribution < -0.4 is 5.32 Å². The molecule has 0 aliphatic heterocycles. The van der Waals surface area contributed by atoms with E-state index in [1.807, 2.05) is 50.2 Å². The molecular weight excluding hydrogens is 258 g/mol. The lowest BCUT2D eigenvalue weighted by Crippen LogP contribution is -2.23. The van der Waals surface area contributed by atoms with E-state index in [9.17, 15) is 4.79 Å². The van der Waals surface area contributed by atoms with Crippen LogP contribution in [0.3, 0.4) is 0 Å². The highest BCUT2D eigenvalue weighted by molar-refractivity contribution is 6.34. The van der Waals surface area contributed by atoms with E-state index in [4.69, 9.17) is 11.6 Å². The number of amides is 1. The second kappa shape index (κ2) is 5.89. The Morgan fingerprint density at radius 2 is 1.79 bits per heavy atom. The lowest BCUT2D eigenvalue weighted by Gasteiger charge is -2.13. The number of carbonyl (C=O) groups excluding carboxylic acids is 1. The number of aryl methyl sites for hydroxylation is 1. The fraction of sp³-hybridized carbons (Fsp3) is 0.188. The summed E-state index contributed by atoms with van der Waals surface area (Å²) in [6, 6.07) is 13.5. The van der Waals surface area contributed by atoms with Gasteiger partial charge in [0, 0.05) is 6.54 Å². The van der Waals surface area contributed by atoms with Crippen LogP contribution in [0.5, 0.6) is 0 Å². The molecule has 2 rings (SSSR count). The molecule has 0 aromatic heterocycles. The zero-order valence-corrected chi connectivity index (χ0v) is 11.8. The number of hydrogen-bond donors (Lipinski definition) is 1. The summed E-state index contributed by atoms with van der Waals surface area (Å²) in [4.78, 5) is 12.2. The number of hydrogen-bond acceptors (Lipinski definition) is 1. The predicted octanol–water partition coefficient (Wildman–Crippen LogP) is 4.07. The lowest BCUT2D eigenvalue weighted by atomic mass is 9.95. The molecule has 0 fully saturated rings. The van der Waals surface area contributed by atoms with Gasteiger partial charge in [0.25, 0.3) is 5.91 Å². The predicted molar refractivity (Wildman–Crippen MR) is 79.6 cm³/mol. The van der Waals surface area contributed by atoms with Gasteiger partial charge >= 0.3 is 0 Å². The van der Waals surface area contributed by atoms with Crippen LogP contribution >= 0.6 is 11.6 Å². The third-order valence-corrected chi connectivity index (χ3v) is 3.33. The lowest BCUT2D eigenvalue weighted by molar-refractivity contribution is 0.0956. The molecule has 1 N–H and O–H groups in total. The van der Waals surface area contributed by atoms with Gasteiger partial charge in [-0.15, -0.1) is 0 Å². The van der Waals surface area contributed by atoms with E-state index in [2.05, 4.69) is 5.32 Å². The van der Waals surface area contributed by atoms with Crippen LogP contribution in [0.25, 0.3) is 11.1 Å². The second-order valence-electron chi connectivity index (χ2n) is 4.34. The Labute approximate surface area is 118 Å². The fourth-order valence-corrected chi connectivity index (χ4v) is 2.36. The molecule has 1 amide bonds. The molecule has 0 unspecified atom stereocenters. The molecule has 0 saturated heterocycles. The molecule has 2 nitrogen and oxygen atoms in total. The standard InChI is InChI=1S/C16H16ClNO/c1-3-18-16(19)15-13(9-6-10-14(15)17)12-8-5-4-7-11(12)2/h4-10H,3H2,1-2H3,(H,18,19). The largest absolute Gasteiger partial charge is 0.352 e. The van der Waals surface area contributed by atoms with Crippen molar-refractivity contribution in [3.05, 3.63) is 58.6 Å². The van der Waals surface area contributed by atoms with Crippen LogP contribution in [0.2, 0.25) is 5.02 Å². The normalized spacial score (nSPS) is 10.3. The second-order valence-corrected chi connectivity index (χ2v) is 4.74. The number of nitrogens with one attached hydrogen (secondary N) is 1. The van der Waals surface area contributed by atoms with E-state index in [0.717, 1.165) is 16.7 Å². The van der Waals surface area contributed by atoms with Gasteiger partial charge in [-0.2, -0.15) is 0 Å². The summed E-state index contributed by atoms with van der Waals surface area (Å²) in [5.41, 5.74) is 3.57. The van der Waals surface area contributed by atoms with Gasteiger partial charge in [-0.05, 0) is 36.6 Å². The summed E-state index contributed by atoms with van der Waals surface area (Å²) in [7, 11) is 0. The number of benzene rings is 2. The van der Waals surface area contributed by atoms with Crippen molar-refractivity contribution in [2.45, 2.75) is 13.8 Å². The van der Waals surface area contributed by atoms with Crippen molar-refractivity contribution in [1.29, 1.82) is 0 Å². The zero-order valence-electron chi connectivity index (χ0n) is 11.0. The first-order valence-corrected chi connectivity index (χ1v) is 6.65. The van der Waals surface area contributed by atoms with Crippen LogP contribution in [0.1, 0.15) is 22.8 Å². The Kier molecular flexibility index (Phi) is 4.23. The molecule has 0 saturated carbocycles. The van der Waals surface area contributed by atoms with E-state index >= 15 is 0 Å². The highest BCUT2D eigenvalue weighted by Crippen LogP contribution is 2.31. The van der Waals surface area contributed by atoms with E-state index in [0.29, 0.717) is 17.1 Å². The first-order chi connectivity index (χ1) is 9.15. The molecule has 0 spiro atoms. The van der Waals surface area contributed by atoms with Crippen molar-refractivity contribution in [2.24, 2.45) is 0 Å². The Morgan fingerprint density at radius 3 is 2.47 bits per heavy atom. The quantitative estimate of drug-likeness (QED) is 0.897. The number of halogens is 1. The minimum Gasteiger partial charge on any atom is -0.352 e. The fourth-order valence-electron chi connectivity index (χ4n) is 2.10. The van der Waals surface area contributed by atoms with Crippen molar-refractivity contribution >= 4 is 17.5 Å².